The lowest BCUT2D eigenvalue weighted by molar-refractivity contribution is -0.134. The molecule has 1 heterocycles. The minimum atomic E-state index is -3.53. The molecule has 1 N–H and O–H groups in total. The van der Waals surface area contributed by atoms with Crippen LogP contribution in [0.5, 0.6) is 5.75 Å². The number of hydrogen-bond donors (Lipinski definition) is 1. The molecule has 1 aliphatic rings. The van der Waals surface area contributed by atoms with Gasteiger partial charge in [-0.1, -0.05) is 36.4 Å². The molecule has 144 valence electrons. The zero-order valence-corrected chi connectivity index (χ0v) is 16.1. The topological polar surface area (TPSA) is 75.7 Å². The third-order valence-electron chi connectivity index (χ3n) is 4.67. The normalized spacial score (nSPS) is 15.5. The number of sulfonamides is 1. The largest absolute Gasteiger partial charge is 0.484 e. The Balaban J connectivity index is 1.48. The molecular weight excluding hydrogens is 364 g/mol. The van der Waals surface area contributed by atoms with Gasteiger partial charge in [-0.05, 0) is 43.5 Å². The molecule has 2 aromatic rings. The van der Waals surface area contributed by atoms with E-state index in [1.807, 2.05) is 31.2 Å². The minimum Gasteiger partial charge on any atom is -0.484 e. The first-order valence-electron chi connectivity index (χ1n) is 8.99. The summed E-state index contributed by atoms with van der Waals surface area (Å²) in [7, 11) is -3.53. The summed E-state index contributed by atoms with van der Waals surface area (Å²) < 4.78 is 33.1. The van der Waals surface area contributed by atoms with E-state index in [2.05, 4.69) is 4.72 Å². The van der Waals surface area contributed by atoms with Crippen molar-refractivity contribution in [1.82, 2.24) is 9.62 Å². The van der Waals surface area contributed by atoms with Gasteiger partial charge in [-0.25, -0.2) is 13.1 Å². The van der Waals surface area contributed by atoms with Crippen LogP contribution < -0.4 is 9.46 Å². The van der Waals surface area contributed by atoms with Crippen molar-refractivity contribution in [3.8, 4) is 5.75 Å². The zero-order valence-electron chi connectivity index (χ0n) is 15.3. The van der Waals surface area contributed by atoms with Crippen molar-refractivity contribution in [2.24, 2.45) is 0 Å². The van der Waals surface area contributed by atoms with Gasteiger partial charge in [0.25, 0.3) is 5.91 Å². The van der Waals surface area contributed by atoms with Crippen molar-refractivity contribution in [2.75, 3.05) is 19.7 Å². The smallest absolute Gasteiger partial charge is 0.260 e. The van der Waals surface area contributed by atoms with Gasteiger partial charge in [0.2, 0.25) is 10.0 Å². The highest BCUT2D eigenvalue weighted by Gasteiger charge is 2.26. The van der Waals surface area contributed by atoms with Gasteiger partial charge in [0, 0.05) is 19.1 Å². The molecule has 0 atom stereocenters. The molecule has 3 rings (SSSR count). The lowest BCUT2D eigenvalue weighted by atomic mass is 10.1. The second-order valence-corrected chi connectivity index (χ2v) is 8.36. The Morgan fingerprint density at radius 2 is 1.70 bits per heavy atom. The summed E-state index contributed by atoms with van der Waals surface area (Å²) >= 11 is 0. The van der Waals surface area contributed by atoms with Gasteiger partial charge in [-0.15, -0.1) is 0 Å². The number of rotatable bonds is 6. The number of piperidine rings is 1. The average Bonchev–Trinajstić information content (AvgIpc) is 2.68. The van der Waals surface area contributed by atoms with Crippen molar-refractivity contribution >= 4 is 15.9 Å². The molecule has 27 heavy (non-hydrogen) atoms. The van der Waals surface area contributed by atoms with Crippen molar-refractivity contribution in [1.29, 1.82) is 0 Å². The van der Waals surface area contributed by atoms with Crippen LogP contribution in [0.15, 0.2) is 59.5 Å². The first-order chi connectivity index (χ1) is 13.0. The highest BCUT2D eigenvalue weighted by atomic mass is 32.2. The molecule has 7 heteroatoms. The maximum absolute atomic E-state index is 12.4. The summed E-state index contributed by atoms with van der Waals surface area (Å²) in [5, 5.41) is 0. The molecule has 0 aromatic heterocycles. The Morgan fingerprint density at radius 1 is 1.07 bits per heavy atom. The van der Waals surface area contributed by atoms with Crippen LogP contribution >= 0.6 is 0 Å². The first-order valence-corrected chi connectivity index (χ1v) is 10.5. The summed E-state index contributed by atoms with van der Waals surface area (Å²) in [4.78, 5) is 14.3. The van der Waals surface area contributed by atoms with Crippen LogP contribution in [0.2, 0.25) is 0 Å². The number of nitrogens with zero attached hydrogens (tertiary/aromatic N) is 1. The molecule has 2 aromatic carbocycles. The number of ether oxygens (including phenoxy) is 1. The van der Waals surface area contributed by atoms with Crippen LogP contribution in [-0.2, 0) is 14.8 Å². The van der Waals surface area contributed by atoms with Crippen molar-refractivity contribution < 1.29 is 17.9 Å². The van der Waals surface area contributed by atoms with Crippen LogP contribution in [0.3, 0.4) is 0 Å². The van der Waals surface area contributed by atoms with Crippen LogP contribution in [0, 0.1) is 6.92 Å². The summed E-state index contributed by atoms with van der Waals surface area (Å²) in [6.45, 7) is 2.95. The lowest BCUT2D eigenvalue weighted by Gasteiger charge is -2.32. The van der Waals surface area contributed by atoms with E-state index in [4.69, 9.17) is 4.74 Å². The fraction of sp³-hybridized carbons (Fsp3) is 0.350. The third kappa shape index (κ3) is 5.08. The van der Waals surface area contributed by atoms with E-state index in [9.17, 15) is 13.2 Å². The van der Waals surface area contributed by atoms with E-state index in [-0.39, 0.29) is 23.5 Å². The Hall–Kier alpha value is -2.38. The number of aryl methyl sites for hydroxylation is 1. The maximum Gasteiger partial charge on any atom is 0.260 e. The standard InChI is InChI=1S/C20H24N2O4S/c1-16-7-5-6-10-19(16)26-15-20(23)22-13-11-17(12-14-22)21-27(24,25)18-8-3-2-4-9-18/h2-10,17,21H,11-15H2,1H3. The Morgan fingerprint density at radius 3 is 2.37 bits per heavy atom. The number of carbonyl (C=O) groups excluding carboxylic acids is 1. The fourth-order valence-electron chi connectivity index (χ4n) is 3.08. The van der Waals surface area contributed by atoms with Crippen LogP contribution in [0.25, 0.3) is 0 Å². The van der Waals surface area contributed by atoms with E-state index in [1.165, 1.54) is 0 Å². The highest BCUT2D eigenvalue weighted by molar-refractivity contribution is 7.89. The van der Waals surface area contributed by atoms with Gasteiger partial charge < -0.3 is 9.64 Å². The Kier molecular flexibility index (Phi) is 6.13. The number of amides is 1. The molecule has 0 aliphatic carbocycles. The average molecular weight is 388 g/mol. The van der Waals surface area contributed by atoms with E-state index < -0.39 is 10.0 Å². The molecule has 0 radical (unpaired) electrons. The Bertz CT molecular complexity index is 876. The number of benzene rings is 2. The molecule has 0 spiro atoms. The zero-order chi connectivity index (χ0) is 19.3. The van der Waals surface area contributed by atoms with Crippen molar-refractivity contribution in [3.05, 3.63) is 60.2 Å². The van der Waals surface area contributed by atoms with Gasteiger partial charge in [-0.3, -0.25) is 4.79 Å². The summed E-state index contributed by atoms with van der Waals surface area (Å²) in [5.74, 6) is 0.624. The van der Waals surface area contributed by atoms with E-state index in [1.54, 1.807) is 35.2 Å². The molecule has 1 aliphatic heterocycles. The number of nitrogens with one attached hydrogen (secondary N) is 1. The summed E-state index contributed by atoms with van der Waals surface area (Å²) in [5.41, 5.74) is 0.985. The second kappa shape index (κ2) is 8.54. The molecule has 1 amide bonds. The SMILES string of the molecule is Cc1ccccc1OCC(=O)N1CCC(NS(=O)(=O)c2ccccc2)CC1. The van der Waals surface area contributed by atoms with Gasteiger partial charge in [-0.2, -0.15) is 0 Å². The number of hydrogen-bond acceptors (Lipinski definition) is 4. The van der Waals surface area contributed by atoms with Crippen LogP contribution in [0.1, 0.15) is 18.4 Å². The maximum atomic E-state index is 12.4. The number of carbonyl (C=O) groups is 1. The first kappa shape index (κ1) is 19.4. The van der Waals surface area contributed by atoms with Crippen molar-refractivity contribution in [2.45, 2.75) is 30.7 Å². The predicted molar refractivity (Wildman–Crippen MR) is 103 cm³/mol. The predicted octanol–water partition coefficient (Wildman–Crippen LogP) is 2.34. The molecule has 0 saturated carbocycles. The fourth-order valence-corrected chi connectivity index (χ4v) is 4.41. The summed E-state index contributed by atoms with van der Waals surface area (Å²) in [6, 6.07) is 15.7. The van der Waals surface area contributed by atoms with Crippen molar-refractivity contribution in [3.63, 3.8) is 0 Å². The molecule has 0 unspecified atom stereocenters. The van der Waals surface area contributed by atoms with Gasteiger partial charge in [0.15, 0.2) is 6.61 Å². The number of para-hydroxylation sites is 1. The van der Waals surface area contributed by atoms with E-state index >= 15 is 0 Å². The second-order valence-electron chi connectivity index (χ2n) is 6.64. The monoisotopic (exact) mass is 388 g/mol. The van der Waals surface area contributed by atoms with E-state index in [0.29, 0.717) is 31.7 Å². The molecular formula is C20H24N2O4S. The van der Waals surface area contributed by atoms with Gasteiger partial charge >= 0.3 is 0 Å². The highest BCUT2D eigenvalue weighted by Crippen LogP contribution is 2.18. The van der Waals surface area contributed by atoms with Gasteiger partial charge in [0.1, 0.15) is 5.75 Å². The van der Waals surface area contributed by atoms with Crippen LogP contribution in [0.4, 0.5) is 0 Å². The van der Waals surface area contributed by atoms with E-state index in [0.717, 1.165) is 5.56 Å². The molecule has 0 bridgehead atoms. The van der Waals surface area contributed by atoms with Gasteiger partial charge in [0.05, 0.1) is 4.90 Å². The molecule has 1 fully saturated rings. The third-order valence-corrected chi connectivity index (χ3v) is 6.20. The lowest BCUT2D eigenvalue weighted by Crippen LogP contribution is -2.47. The minimum absolute atomic E-state index is 0.00867. The molecule has 1 saturated heterocycles. The quantitative estimate of drug-likeness (QED) is 0.824. The Labute approximate surface area is 160 Å². The summed E-state index contributed by atoms with van der Waals surface area (Å²) in [6.07, 6.45) is 1.17. The molecule has 6 nitrogen and oxygen atoms in total. The van der Waals surface area contributed by atoms with Crippen LogP contribution in [-0.4, -0.2) is 45.0 Å². The number of likely N-dealkylation sites (tertiary alicyclic amines) is 1.